The van der Waals surface area contributed by atoms with Gasteiger partial charge in [-0.05, 0) is 11.8 Å². The zero-order valence-corrected chi connectivity index (χ0v) is 8.10. The molecule has 0 bridgehead atoms. The quantitative estimate of drug-likeness (QED) is 0.537. The van der Waals surface area contributed by atoms with Crippen LogP contribution in [-0.4, -0.2) is 0 Å². The lowest BCUT2D eigenvalue weighted by Gasteiger charge is -2.13. The third kappa shape index (κ3) is 2.84. The van der Waals surface area contributed by atoms with Crippen LogP contribution in [0.3, 0.4) is 0 Å². The van der Waals surface area contributed by atoms with Gasteiger partial charge in [0.05, 0.1) is 0 Å². The van der Waals surface area contributed by atoms with Crippen molar-refractivity contribution >= 4 is 0 Å². The standard InChI is InChI=1S/C11H22/c1-3-4-5-8-11-9-6-7-10(11)2/h10-11H,3-9H2,1-2H3. The number of hydrogen-bond donors (Lipinski definition) is 0. The van der Waals surface area contributed by atoms with E-state index in [0.29, 0.717) is 0 Å². The number of rotatable bonds is 4. The highest BCUT2D eigenvalue weighted by molar-refractivity contribution is 4.73. The lowest BCUT2D eigenvalue weighted by atomic mass is 9.92. The monoisotopic (exact) mass is 154 g/mol. The van der Waals surface area contributed by atoms with Gasteiger partial charge in [-0.3, -0.25) is 0 Å². The second-order valence-electron chi connectivity index (χ2n) is 4.16. The highest BCUT2D eigenvalue weighted by atomic mass is 14.3. The van der Waals surface area contributed by atoms with Crippen LogP contribution >= 0.6 is 0 Å². The molecule has 0 heterocycles. The summed E-state index contributed by atoms with van der Waals surface area (Å²) in [6.45, 7) is 4.72. The van der Waals surface area contributed by atoms with E-state index >= 15 is 0 Å². The van der Waals surface area contributed by atoms with Gasteiger partial charge in [-0.25, -0.2) is 0 Å². The largest absolute Gasteiger partial charge is 0.0654 e. The molecule has 0 aromatic carbocycles. The SMILES string of the molecule is CCCCCC1CCCC1C. The van der Waals surface area contributed by atoms with Gasteiger partial charge in [-0.2, -0.15) is 0 Å². The molecule has 0 heteroatoms. The van der Waals surface area contributed by atoms with E-state index < -0.39 is 0 Å². The van der Waals surface area contributed by atoms with Crippen molar-refractivity contribution in [1.29, 1.82) is 0 Å². The molecule has 1 aliphatic rings. The maximum absolute atomic E-state index is 2.43. The maximum Gasteiger partial charge on any atom is -0.0388 e. The first-order valence-corrected chi connectivity index (χ1v) is 5.34. The molecule has 66 valence electrons. The molecule has 11 heavy (non-hydrogen) atoms. The van der Waals surface area contributed by atoms with E-state index in [4.69, 9.17) is 0 Å². The molecule has 1 fully saturated rings. The van der Waals surface area contributed by atoms with E-state index in [1.165, 1.54) is 44.9 Å². The highest BCUT2D eigenvalue weighted by Crippen LogP contribution is 2.34. The van der Waals surface area contributed by atoms with E-state index in [9.17, 15) is 0 Å². The minimum atomic E-state index is 1.03. The molecule has 0 amide bonds. The summed E-state index contributed by atoms with van der Waals surface area (Å²) in [7, 11) is 0. The van der Waals surface area contributed by atoms with Crippen LogP contribution in [0.2, 0.25) is 0 Å². The summed E-state index contributed by atoms with van der Waals surface area (Å²) < 4.78 is 0. The van der Waals surface area contributed by atoms with Crippen molar-refractivity contribution in [2.75, 3.05) is 0 Å². The van der Waals surface area contributed by atoms with Crippen LogP contribution < -0.4 is 0 Å². The second kappa shape index (κ2) is 4.79. The van der Waals surface area contributed by atoms with E-state index in [2.05, 4.69) is 13.8 Å². The summed E-state index contributed by atoms with van der Waals surface area (Å²) in [5.74, 6) is 2.12. The molecular weight excluding hydrogens is 132 g/mol. The van der Waals surface area contributed by atoms with Crippen LogP contribution in [-0.2, 0) is 0 Å². The molecule has 0 N–H and O–H groups in total. The lowest BCUT2D eigenvalue weighted by Crippen LogP contribution is -2.02. The van der Waals surface area contributed by atoms with Gasteiger partial charge in [-0.1, -0.05) is 58.8 Å². The van der Waals surface area contributed by atoms with Crippen molar-refractivity contribution in [3.8, 4) is 0 Å². The predicted octanol–water partition coefficient (Wildman–Crippen LogP) is 4.00. The molecule has 1 aliphatic carbocycles. The van der Waals surface area contributed by atoms with E-state index in [1.54, 1.807) is 0 Å². The van der Waals surface area contributed by atoms with Crippen molar-refractivity contribution in [1.82, 2.24) is 0 Å². The summed E-state index contributed by atoms with van der Waals surface area (Å²) in [6.07, 6.45) is 10.3. The molecule has 0 radical (unpaired) electrons. The van der Waals surface area contributed by atoms with Gasteiger partial charge >= 0.3 is 0 Å². The van der Waals surface area contributed by atoms with Crippen molar-refractivity contribution in [3.63, 3.8) is 0 Å². The normalized spacial score (nSPS) is 31.1. The Morgan fingerprint density at radius 3 is 2.55 bits per heavy atom. The third-order valence-electron chi connectivity index (χ3n) is 3.22. The van der Waals surface area contributed by atoms with E-state index in [0.717, 1.165) is 11.8 Å². The number of unbranched alkanes of at least 4 members (excludes halogenated alkanes) is 2. The van der Waals surface area contributed by atoms with Gasteiger partial charge in [0.1, 0.15) is 0 Å². The first-order valence-electron chi connectivity index (χ1n) is 5.34. The Labute approximate surface area is 71.4 Å². The zero-order chi connectivity index (χ0) is 8.10. The van der Waals surface area contributed by atoms with Crippen LogP contribution in [0.1, 0.15) is 58.8 Å². The first-order chi connectivity index (χ1) is 5.34. The van der Waals surface area contributed by atoms with Gasteiger partial charge in [0.2, 0.25) is 0 Å². The van der Waals surface area contributed by atoms with Crippen LogP contribution in [0.15, 0.2) is 0 Å². The molecular formula is C11H22. The van der Waals surface area contributed by atoms with Crippen LogP contribution in [0, 0.1) is 11.8 Å². The molecule has 0 aromatic heterocycles. The molecule has 1 saturated carbocycles. The van der Waals surface area contributed by atoms with Gasteiger partial charge in [-0.15, -0.1) is 0 Å². The maximum atomic E-state index is 2.43. The van der Waals surface area contributed by atoms with Crippen molar-refractivity contribution < 1.29 is 0 Å². The Morgan fingerprint density at radius 2 is 2.00 bits per heavy atom. The minimum Gasteiger partial charge on any atom is -0.0654 e. The van der Waals surface area contributed by atoms with E-state index in [-0.39, 0.29) is 0 Å². The molecule has 2 unspecified atom stereocenters. The third-order valence-corrected chi connectivity index (χ3v) is 3.22. The Morgan fingerprint density at radius 1 is 1.18 bits per heavy atom. The summed E-state index contributed by atoms with van der Waals surface area (Å²) in [5.41, 5.74) is 0. The lowest BCUT2D eigenvalue weighted by molar-refractivity contribution is 0.376. The molecule has 2 atom stereocenters. The molecule has 1 rings (SSSR count). The second-order valence-corrected chi connectivity index (χ2v) is 4.16. The zero-order valence-electron chi connectivity index (χ0n) is 8.10. The molecule has 0 aromatic rings. The van der Waals surface area contributed by atoms with Crippen LogP contribution in [0.4, 0.5) is 0 Å². The minimum absolute atomic E-state index is 1.03. The average Bonchev–Trinajstić information content (AvgIpc) is 2.37. The Bertz CT molecular complexity index is 96.2. The summed E-state index contributed by atoms with van der Waals surface area (Å²) in [5, 5.41) is 0. The fourth-order valence-corrected chi connectivity index (χ4v) is 2.31. The van der Waals surface area contributed by atoms with Crippen molar-refractivity contribution in [2.24, 2.45) is 11.8 Å². The predicted molar refractivity (Wildman–Crippen MR) is 50.6 cm³/mol. The van der Waals surface area contributed by atoms with Crippen LogP contribution in [0.25, 0.3) is 0 Å². The fourth-order valence-electron chi connectivity index (χ4n) is 2.31. The van der Waals surface area contributed by atoms with E-state index in [1.807, 2.05) is 0 Å². The fraction of sp³-hybridized carbons (Fsp3) is 1.00. The average molecular weight is 154 g/mol. The first kappa shape index (κ1) is 9.09. The smallest absolute Gasteiger partial charge is 0.0388 e. The highest BCUT2D eigenvalue weighted by Gasteiger charge is 2.21. The molecule has 0 spiro atoms. The van der Waals surface area contributed by atoms with Crippen molar-refractivity contribution in [2.45, 2.75) is 58.8 Å². The summed E-state index contributed by atoms with van der Waals surface area (Å²) >= 11 is 0. The van der Waals surface area contributed by atoms with Gasteiger partial charge in [0.25, 0.3) is 0 Å². The van der Waals surface area contributed by atoms with Gasteiger partial charge in [0, 0.05) is 0 Å². The topological polar surface area (TPSA) is 0 Å². The Balaban J connectivity index is 2.05. The van der Waals surface area contributed by atoms with Gasteiger partial charge < -0.3 is 0 Å². The van der Waals surface area contributed by atoms with Crippen LogP contribution in [0.5, 0.6) is 0 Å². The summed E-state index contributed by atoms with van der Waals surface area (Å²) in [6, 6.07) is 0. The Kier molecular flexibility index (Phi) is 3.96. The number of hydrogen-bond acceptors (Lipinski definition) is 0. The van der Waals surface area contributed by atoms with Gasteiger partial charge in [0.15, 0.2) is 0 Å². The summed E-state index contributed by atoms with van der Waals surface area (Å²) in [4.78, 5) is 0. The van der Waals surface area contributed by atoms with Crippen molar-refractivity contribution in [3.05, 3.63) is 0 Å². The molecule has 0 saturated heterocycles. The molecule has 0 nitrogen and oxygen atoms in total. The molecule has 0 aliphatic heterocycles. The Hall–Kier alpha value is 0.